The normalized spacial score (nSPS) is 23.2. The Morgan fingerprint density at radius 3 is 2.37 bits per heavy atom. The fourth-order valence-corrected chi connectivity index (χ4v) is 3.44. The number of rotatable bonds is 4. The van der Waals surface area contributed by atoms with E-state index in [1.54, 1.807) is 0 Å². The molecular weight excluding hydrogens is 260 g/mol. The molecule has 2 aliphatic rings. The highest BCUT2D eigenvalue weighted by atomic mass is 35.5. The van der Waals surface area contributed by atoms with Gasteiger partial charge in [0.25, 0.3) is 0 Å². The van der Waals surface area contributed by atoms with Gasteiger partial charge in [-0.2, -0.15) is 0 Å². The third-order valence-electron chi connectivity index (χ3n) is 4.81. The summed E-state index contributed by atoms with van der Waals surface area (Å²) in [5.41, 5.74) is -0.0332. The Balaban J connectivity index is 0.00000180. The van der Waals surface area contributed by atoms with E-state index in [1.807, 2.05) is 0 Å². The van der Waals surface area contributed by atoms with Crippen molar-refractivity contribution in [1.29, 1.82) is 0 Å². The van der Waals surface area contributed by atoms with Crippen molar-refractivity contribution in [3.05, 3.63) is 0 Å². The average Bonchev–Trinajstić information content (AvgIpc) is 2.84. The van der Waals surface area contributed by atoms with E-state index in [9.17, 15) is 4.79 Å². The van der Waals surface area contributed by atoms with Gasteiger partial charge in [-0.25, -0.2) is 0 Å². The molecule has 1 saturated heterocycles. The van der Waals surface area contributed by atoms with Crippen molar-refractivity contribution < 1.29 is 4.79 Å². The highest BCUT2D eigenvalue weighted by Gasteiger charge is 2.39. The third kappa shape index (κ3) is 4.09. The van der Waals surface area contributed by atoms with Gasteiger partial charge in [-0.05, 0) is 44.7 Å². The van der Waals surface area contributed by atoms with Crippen LogP contribution in [0, 0.1) is 11.3 Å². The summed E-state index contributed by atoms with van der Waals surface area (Å²) < 4.78 is 0. The summed E-state index contributed by atoms with van der Waals surface area (Å²) in [4.78, 5) is 14.7. The topological polar surface area (TPSA) is 32.3 Å². The molecule has 0 aromatic rings. The van der Waals surface area contributed by atoms with Crippen LogP contribution in [0.3, 0.4) is 0 Å². The lowest BCUT2D eigenvalue weighted by atomic mass is 9.85. The fraction of sp³-hybridized carbons (Fsp3) is 0.933. The number of halogens is 1. The highest BCUT2D eigenvalue weighted by Crippen LogP contribution is 2.39. The van der Waals surface area contributed by atoms with Gasteiger partial charge in [0.05, 0.1) is 0 Å². The maximum absolute atomic E-state index is 12.6. The molecule has 1 heterocycles. The second-order valence-electron chi connectivity index (χ2n) is 6.31. The van der Waals surface area contributed by atoms with E-state index < -0.39 is 0 Å². The fourth-order valence-electron chi connectivity index (χ4n) is 3.44. The van der Waals surface area contributed by atoms with E-state index in [-0.39, 0.29) is 17.8 Å². The zero-order valence-corrected chi connectivity index (χ0v) is 13.2. The van der Waals surface area contributed by atoms with E-state index in [2.05, 4.69) is 24.1 Å². The molecule has 0 atom stereocenters. The van der Waals surface area contributed by atoms with Crippen LogP contribution in [0.1, 0.15) is 52.4 Å². The summed E-state index contributed by atoms with van der Waals surface area (Å²) in [6.07, 6.45) is 7.02. The number of likely N-dealkylation sites (tertiary alicyclic amines) is 1. The molecule has 0 spiro atoms. The quantitative estimate of drug-likeness (QED) is 0.863. The first-order valence-corrected chi connectivity index (χ1v) is 7.66. The Hall–Kier alpha value is -0.280. The largest absolute Gasteiger partial charge is 0.342 e. The van der Waals surface area contributed by atoms with E-state index in [1.165, 1.54) is 25.7 Å². The minimum Gasteiger partial charge on any atom is -0.342 e. The molecule has 1 aliphatic heterocycles. The van der Waals surface area contributed by atoms with Crippen LogP contribution in [-0.4, -0.2) is 37.0 Å². The Labute approximate surface area is 123 Å². The van der Waals surface area contributed by atoms with Gasteiger partial charge in [0.1, 0.15) is 0 Å². The summed E-state index contributed by atoms with van der Waals surface area (Å²) in [5, 5.41) is 3.42. The average molecular weight is 289 g/mol. The SMILES string of the molecule is CCNCC1CCN(C(=O)C2(C)CCCC2)CC1.Cl. The van der Waals surface area contributed by atoms with Crippen LogP contribution in [0.5, 0.6) is 0 Å². The molecule has 1 amide bonds. The molecule has 0 unspecified atom stereocenters. The third-order valence-corrected chi connectivity index (χ3v) is 4.81. The van der Waals surface area contributed by atoms with Crippen LogP contribution in [0.25, 0.3) is 0 Å². The Bertz CT molecular complexity index is 282. The van der Waals surface area contributed by atoms with Gasteiger partial charge in [-0.3, -0.25) is 4.79 Å². The van der Waals surface area contributed by atoms with Crippen LogP contribution in [0.15, 0.2) is 0 Å². The maximum Gasteiger partial charge on any atom is 0.228 e. The van der Waals surface area contributed by atoms with Crippen LogP contribution >= 0.6 is 12.4 Å². The Morgan fingerprint density at radius 1 is 1.26 bits per heavy atom. The van der Waals surface area contributed by atoms with E-state index in [0.717, 1.165) is 44.9 Å². The van der Waals surface area contributed by atoms with Crippen molar-refractivity contribution in [3.8, 4) is 0 Å². The maximum atomic E-state index is 12.6. The number of nitrogens with one attached hydrogen (secondary N) is 1. The lowest BCUT2D eigenvalue weighted by molar-refractivity contribution is -0.142. The summed E-state index contributed by atoms with van der Waals surface area (Å²) in [6.45, 7) is 8.45. The first-order chi connectivity index (χ1) is 8.65. The number of nitrogens with zero attached hydrogens (tertiary/aromatic N) is 1. The number of hydrogen-bond acceptors (Lipinski definition) is 2. The molecule has 19 heavy (non-hydrogen) atoms. The summed E-state index contributed by atoms with van der Waals surface area (Å²) in [5.74, 6) is 1.20. The van der Waals surface area contributed by atoms with Crippen molar-refractivity contribution in [2.45, 2.75) is 52.4 Å². The minimum absolute atomic E-state index is 0. The van der Waals surface area contributed by atoms with Gasteiger partial charge >= 0.3 is 0 Å². The first-order valence-electron chi connectivity index (χ1n) is 7.66. The van der Waals surface area contributed by atoms with Gasteiger partial charge in [0.2, 0.25) is 5.91 Å². The molecule has 1 saturated carbocycles. The molecule has 0 radical (unpaired) electrons. The van der Waals surface area contributed by atoms with Gasteiger partial charge in [-0.15, -0.1) is 12.4 Å². The molecule has 1 aliphatic carbocycles. The second-order valence-corrected chi connectivity index (χ2v) is 6.31. The van der Waals surface area contributed by atoms with Crippen LogP contribution in [0.4, 0.5) is 0 Å². The summed E-state index contributed by atoms with van der Waals surface area (Å²) in [7, 11) is 0. The van der Waals surface area contributed by atoms with Gasteiger partial charge in [0, 0.05) is 18.5 Å². The van der Waals surface area contributed by atoms with Crippen LogP contribution in [-0.2, 0) is 4.79 Å². The Kier molecular flexibility index (Phi) is 6.61. The van der Waals surface area contributed by atoms with E-state index in [4.69, 9.17) is 0 Å². The van der Waals surface area contributed by atoms with E-state index >= 15 is 0 Å². The number of carbonyl (C=O) groups excluding carboxylic acids is 1. The molecule has 0 aromatic carbocycles. The first kappa shape index (κ1) is 16.8. The predicted molar refractivity (Wildman–Crippen MR) is 81.7 cm³/mol. The zero-order chi connectivity index (χ0) is 13.0. The standard InChI is InChI=1S/C15H28N2O.ClH/c1-3-16-12-13-6-10-17(11-7-13)14(18)15(2)8-4-5-9-15;/h13,16H,3-12H2,1-2H3;1H. The minimum atomic E-state index is -0.0332. The molecule has 4 heteroatoms. The Morgan fingerprint density at radius 2 is 1.84 bits per heavy atom. The molecule has 0 aromatic heterocycles. The van der Waals surface area contributed by atoms with Gasteiger partial charge < -0.3 is 10.2 Å². The second kappa shape index (κ2) is 7.49. The van der Waals surface area contributed by atoms with Gasteiger partial charge in [-0.1, -0.05) is 26.7 Å². The molecule has 112 valence electrons. The number of amides is 1. The van der Waals surface area contributed by atoms with Crippen molar-refractivity contribution in [2.24, 2.45) is 11.3 Å². The van der Waals surface area contributed by atoms with Crippen LogP contribution in [0.2, 0.25) is 0 Å². The lowest BCUT2D eigenvalue weighted by Crippen LogP contribution is -2.46. The predicted octanol–water partition coefficient (Wildman–Crippen LogP) is 2.84. The van der Waals surface area contributed by atoms with Crippen molar-refractivity contribution in [2.75, 3.05) is 26.2 Å². The lowest BCUT2D eigenvalue weighted by Gasteiger charge is -2.37. The van der Waals surface area contributed by atoms with Gasteiger partial charge in [0.15, 0.2) is 0 Å². The molecule has 0 bridgehead atoms. The van der Waals surface area contributed by atoms with Crippen molar-refractivity contribution in [1.82, 2.24) is 10.2 Å². The smallest absolute Gasteiger partial charge is 0.228 e. The molecule has 1 N–H and O–H groups in total. The zero-order valence-electron chi connectivity index (χ0n) is 12.4. The monoisotopic (exact) mass is 288 g/mol. The number of carbonyl (C=O) groups is 1. The van der Waals surface area contributed by atoms with Crippen LogP contribution < -0.4 is 5.32 Å². The summed E-state index contributed by atoms with van der Waals surface area (Å²) >= 11 is 0. The van der Waals surface area contributed by atoms with Crippen molar-refractivity contribution in [3.63, 3.8) is 0 Å². The summed E-state index contributed by atoms with van der Waals surface area (Å²) in [6, 6.07) is 0. The van der Waals surface area contributed by atoms with E-state index in [0.29, 0.717) is 5.91 Å². The highest BCUT2D eigenvalue weighted by molar-refractivity contribution is 5.85. The molecule has 3 nitrogen and oxygen atoms in total. The molecular formula is C15H29ClN2O. The van der Waals surface area contributed by atoms with Crippen molar-refractivity contribution >= 4 is 18.3 Å². The molecule has 2 rings (SSSR count). The molecule has 2 fully saturated rings. The number of piperidine rings is 1. The number of hydrogen-bond donors (Lipinski definition) is 1.